The standard InChI is InChI=1S/C16H12N2O2/c19-18(20)16-11-17-15-9-5-4-8-13(15)14(16)10-12-6-2-1-3-7-12/h1-9,11H,10H2. The van der Waals surface area contributed by atoms with Crippen LogP contribution in [0.5, 0.6) is 0 Å². The Morgan fingerprint density at radius 2 is 1.70 bits per heavy atom. The molecule has 3 aromatic rings. The smallest absolute Gasteiger partial charge is 0.258 e. The van der Waals surface area contributed by atoms with Gasteiger partial charge in [0.15, 0.2) is 0 Å². The largest absolute Gasteiger partial charge is 0.291 e. The highest BCUT2D eigenvalue weighted by molar-refractivity contribution is 5.85. The summed E-state index contributed by atoms with van der Waals surface area (Å²) in [6.07, 6.45) is 1.88. The molecule has 1 heterocycles. The van der Waals surface area contributed by atoms with Crippen molar-refractivity contribution < 1.29 is 4.92 Å². The number of hydrogen-bond acceptors (Lipinski definition) is 3. The normalized spacial score (nSPS) is 10.6. The molecule has 0 unspecified atom stereocenters. The Bertz CT molecular complexity index is 770. The van der Waals surface area contributed by atoms with E-state index in [1.165, 1.54) is 6.20 Å². The second-order valence-corrected chi connectivity index (χ2v) is 4.56. The number of rotatable bonds is 3. The summed E-state index contributed by atoms with van der Waals surface area (Å²) >= 11 is 0. The molecule has 0 N–H and O–H groups in total. The summed E-state index contributed by atoms with van der Waals surface area (Å²) in [5, 5.41) is 12.1. The molecule has 0 atom stereocenters. The second-order valence-electron chi connectivity index (χ2n) is 4.56. The van der Waals surface area contributed by atoms with E-state index < -0.39 is 0 Å². The van der Waals surface area contributed by atoms with Crippen molar-refractivity contribution in [3.8, 4) is 0 Å². The van der Waals surface area contributed by atoms with Crippen molar-refractivity contribution in [3.05, 3.63) is 82.0 Å². The predicted molar refractivity (Wildman–Crippen MR) is 77.6 cm³/mol. The maximum absolute atomic E-state index is 11.2. The van der Waals surface area contributed by atoms with E-state index in [4.69, 9.17) is 0 Å². The van der Waals surface area contributed by atoms with E-state index in [0.29, 0.717) is 12.0 Å². The van der Waals surface area contributed by atoms with E-state index in [1.807, 2.05) is 54.6 Å². The lowest BCUT2D eigenvalue weighted by Gasteiger charge is -2.07. The average molecular weight is 264 g/mol. The van der Waals surface area contributed by atoms with E-state index in [-0.39, 0.29) is 10.6 Å². The number of aromatic nitrogens is 1. The molecule has 0 radical (unpaired) electrons. The Kier molecular flexibility index (Phi) is 3.13. The van der Waals surface area contributed by atoms with Crippen molar-refractivity contribution in [1.29, 1.82) is 0 Å². The molecule has 0 aliphatic heterocycles. The van der Waals surface area contributed by atoms with Crippen LogP contribution in [0.4, 0.5) is 5.69 Å². The molecule has 0 spiro atoms. The maximum atomic E-state index is 11.2. The lowest BCUT2D eigenvalue weighted by atomic mass is 10.00. The summed E-state index contributed by atoms with van der Waals surface area (Å²) in [5.74, 6) is 0. The fourth-order valence-electron chi connectivity index (χ4n) is 2.33. The van der Waals surface area contributed by atoms with Gasteiger partial charge in [0.2, 0.25) is 0 Å². The van der Waals surface area contributed by atoms with Gasteiger partial charge in [-0.1, -0.05) is 48.5 Å². The maximum Gasteiger partial charge on any atom is 0.291 e. The van der Waals surface area contributed by atoms with Crippen molar-refractivity contribution in [1.82, 2.24) is 4.98 Å². The molecule has 98 valence electrons. The van der Waals surface area contributed by atoms with Gasteiger partial charge >= 0.3 is 0 Å². The second kappa shape index (κ2) is 5.09. The van der Waals surface area contributed by atoms with E-state index in [1.54, 1.807) is 0 Å². The summed E-state index contributed by atoms with van der Waals surface area (Å²) in [6.45, 7) is 0. The van der Waals surface area contributed by atoms with Crippen LogP contribution in [0.1, 0.15) is 11.1 Å². The zero-order valence-electron chi connectivity index (χ0n) is 10.7. The fraction of sp³-hybridized carbons (Fsp3) is 0.0625. The molecule has 2 aromatic carbocycles. The molecule has 0 aliphatic rings. The van der Waals surface area contributed by atoms with Gasteiger partial charge in [-0.15, -0.1) is 0 Å². The Hall–Kier alpha value is -2.75. The number of hydrogen-bond donors (Lipinski definition) is 0. The summed E-state index contributed by atoms with van der Waals surface area (Å²) in [7, 11) is 0. The third-order valence-electron chi connectivity index (χ3n) is 3.28. The minimum absolute atomic E-state index is 0.0764. The summed E-state index contributed by atoms with van der Waals surface area (Å²) in [5.41, 5.74) is 2.62. The fourth-order valence-corrected chi connectivity index (χ4v) is 2.33. The van der Waals surface area contributed by atoms with Gasteiger partial charge in [-0.05, 0) is 11.6 Å². The van der Waals surface area contributed by atoms with E-state index >= 15 is 0 Å². The molecule has 4 heteroatoms. The first kappa shape index (κ1) is 12.3. The van der Waals surface area contributed by atoms with Crippen LogP contribution in [0.25, 0.3) is 10.9 Å². The summed E-state index contributed by atoms with van der Waals surface area (Å²) in [6, 6.07) is 17.3. The first-order valence-electron chi connectivity index (χ1n) is 6.30. The van der Waals surface area contributed by atoms with Crippen LogP contribution in [0, 0.1) is 10.1 Å². The molecule has 0 saturated heterocycles. The number of fused-ring (bicyclic) bond motifs is 1. The molecule has 20 heavy (non-hydrogen) atoms. The Morgan fingerprint density at radius 1 is 1.00 bits per heavy atom. The van der Waals surface area contributed by atoms with Gasteiger partial charge in [0.1, 0.15) is 6.20 Å². The zero-order chi connectivity index (χ0) is 13.9. The van der Waals surface area contributed by atoms with E-state index in [2.05, 4.69) is 4.98 Å². The summed E-state index contributed by atoms with van der Waals surface area (Å²) < 4.78 is 0. The van der Waals surface area contributed by atoms with Crippen LogP contribution in [0.3, 0.4) is 0 Å². The molecule has 4 nitrogen and oxygen atoms in total. The molecule has 0 saturated carbocycles. The Morgan fingerprint density at radius 3 is 2.45 bits per heavy atom. The van der Waals surface area contributed by atoms with Crippen LogP contribution in [-0.4, -0.2) is 9.91 Å². The molecular formula is C16H12N2O2. The van der Waals surface area contributed by atoms with Crippen LogP contribution in [-0.2, 0) is 6.42 Å². The lowest BCUT2D eigenvalue weighted by Crippen LogP contribution is -1.99. The first-order chi connectivity index (χ1) is 9.75. The topological polar surface area (TPSA) is 56.0 Å². The van der Waals surface area contributed by atoms with Crippen molar-refractivity contribution in [2.24, 2.45) is 0 Å². The van der Waals surface area contributed by atoms with Crippen molar-refractivity contribution in [3.63, 3.8) is 0 Å². The van der Waals surface area contributed by atoms with Crippen LogP contribution < -0.4 is 0 Å². The Labute approximate surface area is 115 Å². The third kappa shape index (κ3) is 2.23. The van der Waals surface area contributed by atoms with Gasteiger partial charge in [-0.3, -0.25) is 10.1 Å². The third-order valence-corrected chi connectivity index (χ3v) is 3.28. The molecule has 1 aromatic heterocycles. The summed E-state index contributed by atoms with van der Waals surface area (Å²) in [4.78, 5) is 15.0. The number of nitrogens with zero attached hydrogens (tertiary/aromatic N) is 2. The predicted octanol–water partition coefficient (Wildman–Crippen LogP) is 3.73. The van der Waals surface area contributed by atoms with Gasteiger partial charge in [-0.2, -0.15) is 0 Å². The number of para-hydroxylation sites is 1. The highest BCUT2D eigenvalue weighted by atomic mass is 16.6. The van der Waals surface area contributed by atoms with E-state index in [0.717, 1.165) is 16.5 Å². The quantitative estimate of drug-likeness (QED) is 0.535. The number of nitro groups is 1. The minimum Gasteiger partial charge on any atom is -0.258 e. The van der Waals surface area contributed by atoms with Gasteiger partial charge in [0, 0.05) is 17.4 Å². The van der Waals surface area contributed by atoms with Crippen molar-refractivity contribution >= 4 is 16.6 Å². The highest BCUT2D eigenvalue weighted by Gasteiger charge is 2.17. The first-order valence-corrected chi connectivity index (χ1v) is 6.30. The zero-order valence-corrected chi connectivity index (χ0v) is 10.7. The van der Waals surface area contributed by atoms with Gasteiger partial charge < -0.3 is 0 Å². The minimum atomic E-state index is -0.363. The number of pyridine rings is 1. The average Bonchev–Trinajstić information content (AvgIpc) is 2.48. The molecule has 0 fully saturated rings. The lowest BCUT2D eigenvalue weighted by molar-refractivity contribution is -0.385. The van der Waals surface area contributed by atoms with Crippen LogP contribution >= 0.6 is 0 Å². The molecule has 3 rings (SSSR count). The molecule has 0 aliphatic carbocycles. The van der Waals surface area contributed by atoms with Crippen molar-refractivity contribution in [2.45, 2.75) is 6.42 Å². The SMILES string of the molecule is O=[N+]([O-])c1cnc2ccccc2c1Cc1ccccc1. The van der Waals surface area contributed by atoms with E-state index in [9.17, 15) is 10.1 Å². The van der Waals surface area contributed by atoms with Crippen LogP contribution in [0.15, 0.2) is 60.8 Å². The monoisotopic (exact) mass is 264 g/mol. The Balaban J connectivity index is 2.20. The molecule has 0 bridgehead atoms. The highest BCUT2D eigenvalue weighted by Crippen LogP contribution is 2.28. The van der Waals surface area contributed by atoms with Gasteiger partial charge in [0.05, 0.1) is 10.4 Å². The van der Waals surface area contributed by atoms with Gasteiger partial charge in [0.25, 0.3) is 5.69 Å². The van der Waals surface area contributed by atoms with Gasteiger partial charge in [-0.25, -0.2) is 4.98 Å². The van der Waals surface area contributed by atoms with Crippen molar-refractivity contribution in [2.75, 3.05) is 0 Å². The number of benzene rings is 2. The van der Waals surface area contributed by atoms with Crippen LogP contribution in [0.2, 0.25) is 0 Å². The molecular weight excluding hydrogens is 252 g/mol. The molecule has 0 amide bonds.